The van der Waals surface area contributed by atoms with Crippen molar-refractivity contribution in [1.29, 1.82) is 0 Å². The fraction of sp³-hybridized carbons (Fsp3) is 0.524. The van der Waals surface area contributed by atoms with Gasteiger partial charge in [0.25, 0.3) is 0 Å². The van der Waals surface area contributed by atoms with E-state index in [1.165, 1.54) is 16.4 Å². The summed E-state index contributed by atoms with van der Waals surface area (Å²) in [5, 5.41) is 0. The van der Waals surface area contributed by atoms with Crippen LogP contribution in [0, 0.1) is 5.82 Å². The predicted octanol–water partition coefficient (Wildman–Crippen LogP) is 8.32. The highest BCUT2D eigenvalue weighted by Crippen LogP contribution is 2.42. The van der Waals surface area contributed by atoms with Crippen molar-refractivity contribution in [3.05, 3.63) is 58.8 Å². The Bertz CT molecular complexity index is 550. The first kappa shape index (κ1) is 27.9. The number of rotatable bonds is 7. The molecule has 1 atom stereocenters. The van der Waals surface area contributed by atoms with Crippen molar-refractivity contribution in [2.24, 2.45) is 0 Å². The Labute approximate surface area is 166 Å². The number of benzene rings is 1. The van der Waals surface area contributed by atoms with Crippen molar-refractivity contribution >= 4 is 11.9 Å². The minimum absolute atomic E-state index is 0.0113. The molecule has 0 amide bonds. The highest BCUT2D eigenvalue weighted by atomic mass is 32.2. The lowest BCUT2D eigenvalue weighted by atomic mass is 10.1. The highest BCUT2D eigenvalue weighted by Gasteiger charge is 2.44. The average Bonchev–Trinajstić information content (AvgIpc) is 2.64. The topological polar surface area (TPSA) is 3.24 Å². The van der Waals surface area contributed by atoms with Crippen LogP contribution in [-0.4, -0.2) is 17.0 Å². The van der Waals surface area contributed by atoms with Gasteiger partial charge in [0.05, 0.1) is 0 Å². The summed E-state index contributed by atoms with van der Waals surface area (Å²) in [5.74, 6) is -0.559. The molecule has 1 rings (SSSR count). The Morgan fingerprint density at radius 2 is 1.59 bits per heavy atom. The van der Waals surface area contributed by atoms with Crippen LogP contribution in [0.3, 0.4) is 0 Å². The van der Waals surface area contributed by atoms with Crippen molar-refractivity contribution in [3.63, 3.8) is 0 Å². The second-order valence-electron chi connectivity index (χ2n) is 5.13. The molecule has 0 saturated heterocycles. The number of allylic oxidation sites excluding steroid dienone is 2. The van der Waals surface area contributed by atoms with Crippen LogP contribution in [0.4, 0.5) is 17.6 Å². The molecule has 1 unspecified atom stereocenters. The SMILES string of the molecule is C=C(/C=C(\C)CC)SN(CC)C(c1ccc(F)cc1)C(F)(F)F.CC.CC. The summed E-state index contributed by atoms with van der Waals surface area (Å²) in [7, 11) is 0. The maximum Gasteiger partial charge on any atom is 0.408 e. The van der Waals surface area contributed by atoms with Crippen LogP contribution in [0.1, 0.15) is 66.5 Å². The lowest BCUT2D eigenvalue weighted by Gasteiger charge is -2.31. The van der Waals surface area contributed by atoms with Crippen molar-refractivity contribution < 1.29 is 17.6 Å². The summed E-state index contributed by atoms with van der Waals surface area (Å²) in [6.45, 7) is 17.5. The fourth-order valence-corrected chi connectivity index (χ4v) is 3.05. The van der Waals surface area contributed by atoms with E-state index in [0.29, 0.717) is 4.91 Å². The highest BCUT2D eigenvalue weighted by molar-refractivity contribution is 8.01. The fourth-order valence-electron chi connectivity index (χ4n) is 2.02. The molecule has 0 bridgehead atoms. The van der Waals surface area contributed by atoms with Gasteiger partial charge in [-0.1, -0.05) is 65.8 Å². The zero-order valence-electron chi connectivity index (χ0n) is 17.5. The van der Waals surface area contributed by atoms with Crippen LogP contribution in [0.15, 0.2) is 47.4 Å². The van der Waals surface area contributed by atoms with Gasteiger partial charge in [-0.3, -0.25) is 0 Å². The predicted molar refractivity (Wildman–Crippen MR) is 111 cm³/mol. The second-order valence-corrected chi connectivity index (χ2v) is 6.31. The number of alkyl halides is 3. The van der Waals surface area contributed by atoms with Gasteiger partial charge in [0, 0.05) is 11.4 Å². The Kier molecular flexibility index (Phi) is 15.3. The monoisotopic (exact) mass is 407 g/mol. The first-order chi connectivity index (χ1) is 12.7. The van der Waals surface area contributed by atoms with Crippen LogP contribution in [-0.2, 0) is 0 Å². The standard InChI is InChI=1S/C17H21F4NS.2C2H6/c1-5-12(3)11-13(4)23-22(6-2)16(17(19,20)21)14-7-9-15(18)10-8-14;2*1-2/h7-11,16H,4-6H2,1-3H3;2*1-2H3/b12-11+;;. The quantitative estimate of drug-likeness (QED) is 0.254. The molecule has 0 aliphatic carbocycles. The van der Waals surface area contributed by atoms with E-state index >= 15 is 0 Å². The molecule has 6 heteroatoms. The molecular weight excluding hydrogens is 374 g/mol. The van der Waals surface area contributed by atoms with Crippen LogP contribution in [0.25, 0.3) is 0 Å². The third kappa shape index (κ3) is 10.6. The minimum atomic E-state index is -4.47. The zero-order valence-corrected chi connectivity index (χ0v) is 18.3. The van der Waals surface area contributed by atoms with Gasteiger partial charge in [0.1, 0.15) is 11.9 Å². The zero-order chi connectivity index (χ0) is 21.6. The van der Waals surface area contributed by atoms with Gasteiger partial charge in [-0.15, -0.1) is 0 Å². The molecular formula is C21H33F4NS. The summed E-state index contributed by atoms with van der Waals surface area (Å²) in [5.41, 5.74) is 1.06. The number of hydrogen-bond acceptors (Lipinski definition) is 2. The minimum Gasteiger partial charge on any atom is -0.230 e. The molecule has 27 heavy (non-hydrogen) atoms. The van der Waals surface area contributed by atoms with E-state index in [1.54, 1.807) is 13.0 Å². The van der Waals surface area contributed by atoms with Crippen molar-refractivity contribution in [3.8, 4) is 0 Å². The van der Waals surface area contributed by atoms with Gasteiger partial charge in [-0.05, 0) is 49.1 Å². The van der Waals surface area contributed by atoms with Crippen LogP contribution < -0.4 is 0 Å². The molecule has 0 aliphatic rings. The summed E-state index contributed by atoms with van der Waals surface area (Å²) in [6.07, 6.45) is -1.87. The normalized spacial score (nSPS) is 12.5. The molecule has 0 aliphatic heterocycles. The molecule has 0 fully saturated rings. The summed E-state index contributed by atoms with van der Waals surface area (Å²) in [6, 6.07) is 2.62. The maximum atomic E-state index is 13.5. The summed E-state index contributed by atoms with van der Waals surface area (Å²) < 4.78 is 54.8. The van der Waals surface area contributed by atoms with Crippen molar-refractivity contribution in [2.75, 3.05) is 6.54 Å². The van der Waals surface area contributed by atoms with Gasteiger partial charge < -0.3 is 0 Å². The van der Waals surface area contributed by atoms with E-state index in [-0.39, 0.29) is 12.1 Å². The van der Waals surface area contributed by atoms with Crippen LogP contribution in [0.2, 0.25) is 0 Å². The Morgan fingerprint density at radius 3 is 1.96 bits per heavy atom. The second kappa shape index (κ2) is 14.7. The largest absolute Gasteiger partial charge is 0.408 e. The summed E-state index contributed by atoms with van der Waals surface area (Å²) >= 11 is 0.971. The van der Waals surface area contributed by atoms with E-state index in [1.807, 2.05) is 41.5 Å². The van der Waals surface area contributed by atoms with Gasteiger partial charge in [-0.2, -0.15) is 13.2 Å². The smallest absolute Gasteiger partial charge is 0.230 e. The van der Waals surface area contributed by atoms with E-state index in [9.17, 15) is 17.6 Å². The van der Waals surface area contributed by atoms with Gasteiger partial charge in [0.15, 0.2) is 0 Å². The molecule has 0 radical (unpaired) electrons. The molecule has 1 aromatic rings. The molecule has 0 aromatic heterocycles. The van der Waals surface area contributed by atoms with E-state index in [2.05, 4.69) is 6.58 Å². The third-order valence-corrected chi connectivity index (χ3v) is 4.35. The maximum absolute atomic E-state index is 13.5. The van der Waals surface area contributed by atoms with Crippen molar-refractivity contribution in [2.45, 2.75) is 67.1 Å². The lowest BCUT2D eigenvalue weighted by molar-refractivity contribution is -0.171. The molecule has 0 spiro atoms. The average molecular weight is 408 g/mol. The van der Waals surface area contributed by atoms with Crippen LogP contribution >= 0.6 is 11.9 Å². The Morgan fingerprint density at radius 1 is 1.11 bits per heavy atom. The first-order valence-corrected chi connectivity index (χ1v) is 10.1. The van der Waals surface area contributed by atoms with E-state index in [4.69, 9.17) is 0 Å². The van der Waals surface area contributed by atoms with Crippen LogP contribution in [0.5, 0.6) is 0 Å². The number of hydrogen-bond donors (Lipinski definition) is 0. The number of nitrogens with zero attached hydrogens (tertiary/aromatic N) is 1. The summed E-state index contributed by atoms with van der Waals surface area (Å²) in [4.78, 5) is 0.544. The Hall–Kier alpha value is -1.27. The molecule has 1 aromatic carbocycles. The molecule has 156 valence electrons. The van der Waals surface area contributed by atoms with Gasteiger partial charge >= 0.3 is 6.18 Å². The molecule has 0 saturated carbocycles. The molecule has 1 nitrogen and oxygen atoms in total. The molecule has 0 N–H and O–H groups in total. The van der Waals surface area contributed by atoms with Crippen molar-refractivity contribution in [1.82, 2.24) is 4.31 Å². The first-order valence-electron chi connectivity index (χ1n) is 9.31. The third-order valence-electron chi connectivity index (χ3n) is 3.30. The van der Waals surface area contributed by atoms with Gasteiger partial charge in [0.2, 0.25) is 0 Å². The van der Waals surface area contributed by atoms with E-state index < -0.39 is 18.0 Å². The number of halogens is 4. The lowest BCUT2D eigenvalue weighted by Crippen LogP contribution is -2.34. The molecule has 0 heterocycles. The van der Waals surface area contributed by atoms with Gasteiger partial charge in [-0.25, -0.2) is 8.70 Å². The Balaban J connectivity index is 0. The van der Waals surface area contributed by atoms with E-state index in [0.717, 1.165) is 36.1 Å².